The van der Waals surface area contributed by atoms with Crippen LogP contribution in [0.1, 0.15) is 122 Å². The minimum Gasteiger partial charge on any atom is -0.143 e. The Morgan fingerprint density at radius 3 is 2.21 bits per heavy atom. The highest BCUT2D eigenvalue weighted by molar-refractivity contribution is 7.80. The summed E-state index contributed by atoms with van der Waals surface area (Å²) in [6.07, 6.45) is 21.2. The van der Waals surface area contributed by atoms with Crippen molar-refractivity contribution in [1.82, 2.24) is 0 Å². The third-order valence-corrected chi connectivity index (χ3v) is 6.74. The molecular formula is C31H52BS. The third-order valence-electron chi connectivity index (χ3n) is 6.32. The van der Waals surface area contributed by atoms with Crippen LogP contribution in [0.25, 0.3) is 0 Å². The fraction of sp³-hybridized carbons (Fsp3) is 0.613. The SMILES string of the molecule is C=C[C@H]([B]C(CC)c1ccc(S)c(CC2=CC=CCC2)c1C)CCC.CC.CCCCCC. The van der Waals surface area contributed by atoms with Gasteiger partial charge in [0, 0.05) is 4.90 Å². The number of unbranched alkanes of at least 4 members (excludes halogenated alkanes) is 3. The van der Waals surface area contributed by atoms with Gasteiger partial charge >= 0.3 is 0 Å². The predicted molar refractivity (Wildman–Crippen MR) is 157 cm³/mol. The van der Waals surface area contributed by atoms with Crippen molar-refractivity contribution in [3.05, 3.63) is 65.3 Å². The summed E-state index contributed by atoms with van der Waals surface area (Å²) in [7, 11) is 2.50. The summed E-state index contributed by atoms with van der Waals surface area (Å²) in [6, 6.07) is 4.48. The van der Waals surface area contributed by atoms with Gasteiger partial charge in [-0.15, -0.1) is 19.2 Å². The van der Waals surface area contributed by atoms with Crippen molar-refractivity contribution < 1.29 is 0 Å². The molecule has 2 heteroatoms. The second kappa shape index (κ2) is 20.2. The lowest BCUT2D eigenvalue weighted by atomic mass is 9.50. The molecule has 0 saturated heterocycles. The molecule has 33 heavy (non-hydrogen) atoms. The molecular weight excluding hydrogens is 415 g/mol. The molecule has 2 rings (SSSR count). The number of thiol groups is 1. The van der Waals surface area contributed by atoms with E-state index in [0.29, 0.717) is 11.6 Å². The topological polar surface area (TPSA) is 0 Å². The molecule has 2 atom stereocenters. The zero-order valence-corrected chi connectivity index (χ0v) is 23.8. The monoisotopic (exact) mass is 467 g/mol. The van der Waals surface area contributed by atoms with Crippen LogP contribution in [-0.4, -0.2) is 7.28 Å². The highest BCUT2D eigenvalue weighted by Crippen LogP contribution is 2.33. The largest absolute Gasteiger partial charge is 0.143 e. The van der Waals surface area contributed by atoms with Gasteiger partial charge in [-0.1, -0.05) is 128 Å². The van der Waals surface area contributed by atoms with E-state index in [0.717, 1.165) is 24.2 Å². The average Bonchev–Trinajstić information content (AvgIpc) is 2.85. The fourth-order valence-electron chi connectivity index (χ4n) is 4.30. The van der Waals surface area contributed by atoms with Crippen molar-refractivity contribution in [3.8, 4) is 0 Å². The Kier molecular flexibility index (Phi) is 19.5. The quantitative estimate of drug-likeness (QED) is 0.134. The molecule has 0 aromatic heterocycles. The molecule has 0 aliphatic heterocycles. The summed E-state index contributed by atoms with van der Waals surface area (Å²) in [5.41, 5.74) is 5.81. The van der Waals surface area contributed by atoms with E-state index in [1.807, 2.05) is 13.8 Å². The van der Waals surface area contributed by atoms with Crippen molar-refractivity contribution in [3.63, 3.8) is 0 Å². The lowest BCUT2D eigenvalue weighted by molar-refractivity contribution is 0.702. The van der Waals surface area contributed by atoms with Gasteiger partial charge in [0.05, 0.1) is 0 Å². The molecule has 0 nitrogen and oxygen atoms in total. The van der Waals surface area contributed by atoms with Gasteiger partial charge in [0.15, 0.2) is 0 Å². The first kappa shape index (κ1) is 31.9. The molecule has 1 aromatic carbocycles. The van der Waals surface area contributed by atoms with Gasteiger partial charge in [-0.25, -0.2) is 0 Å². The number of hydrogen-bond donors (Lipinski definition) is 1. The molecule has 0 amide bonds. The highest BCUT2D eigenvalue weighted by atomic mass is 32.1. The Morgan fingerprint density at radius 1 is 1.06 bits per heavy atom. The molecule has 0 spiro atoms. The van der Waals surface area contributed by atoms with Gasteiger partial charge in [0.2, 0.25) is 0 Å². The molecule has 0 bridgehead atoms. The molecule has 0 saturated carbocycles. The molecule has 0 N–H and O–H groups in total. The number of rotatable bonds is 12. The van der Waals surface area contributed by atoms with Crippen LogP contribution in [-0.2, 0) is 6.42 Å². The van der Waals surface area contributed by atoms with Crippen molar-refractivity contribution in [2.45, 2.75) is 129 Å². The van der Waals surface area contributed by atoms with E-state index < -0.39 is 0 Å². The maximum absolute atomic E-state index is 4.76. The first-order chi connectivity index (χ1) is 16.0. The maximum atomic E-state index is 4.76. The second-order valence-corrected chi connectivity index (χ2v) is 9.33. The molecule has 0 fully saturated rings. The average molecular weight is 468 g/mol. The fourth-order valence-corrected chi connectivity index (χ4v) is 4.62. The van der Waals surface area contributed by atoms with Crippen LogP contribution >= 0.6 is 12.6 Å². The molecule has 1 aromatic rings. The molecule has 185 valence electrons. The first-order valence-corrected chi connectivity index (χ1v) is 14.1. The van der Waals surface area contributed by atoms with Crippen LogP contribution in [0.5, 0.6) is 0 Å². The van der Waals surface area contributed by atoms with Gasteiger partial charge in [-0.2, -0.15) is 0 Å². The summed E-state index contributed by atoms with van der Waals surface area (Å²) in [4.78, 5) is 1.13. The predicted octanol–water partition coefficient (Wildman–Crippen LogP) is 10.6. The standard InChI is InChI=1S/C23H32BS.C6H14.C2H6/c1-5-11-19(6-2)24-22(7-3)20-14-15-23(25)21(17(20)4)16-18-12-9-8-10-13-18;1-3-5-6-4-2;1-2/h6,8-9,12,14-15,19,22,25H,2,5,7,10-11,13,16H2,1,3-4H3;3-6H2,1-2H3;1-2H3/t19-,22?;;/m0../s1. The Balaban J connectivity index is 0.00000111. The molecule has 1 aliphatic rings. The summed E-state index contributed by atoms with van der Waals surface area (Å²) in [5, 5.41) is 0. The molecule has 1 radical (unpaired) electrons. The van der Waals surface area contributed by atoms with Crippen LogP contribution in [0.4, 0.5) is 0 Å². The zero-order chi connectivity index (χ0) is 25.1. The number of allylic oxidation sites excluding steroid dienone is 5. The van der Waals surface area contributed by atoms with Gasteiger partial charge in [-0.3, -0.25) is 0 Å². The molecule has 1 aliphatic carbocycles. The van der Waals surface area contributed by atoms with E-state index in [9.17, 15) is 0 Å². The van der Waals surface area contributed by atoms with E-state index in [2.05, 4.69) is 84.9 Å². The molecule has 1 unspecified atom stereocenters. The normalized spacial score (nSPS) is 14.1. The lowest BCUT2D eigenvalue weighted by Crippen LogP contribution is -2.15. The Morgan fingerprint density at radius 2 is 1.73 bits per heavy atom. The van der Waals surface area contributed by atoms with E-state index in [1.54, 1.807) is 0 Å². The van der Waals surface area contributed by atoms with E-state index in [4.69, 9.17) is 12.6 Å². The minimum atomic E-state index is 0.488. The van der Waals surface area contributed by atoms with Crippen LogP contribution in [0, 0.1) is 6.92 Å². The third kappa shape index (κ3) is 12.2. The summed E-state index contributed by atoms with van der Waals surface area (Å²) in [5.74, 6) is 0.988. The number of benzene rings is 1. The Bertz CT molecular complexity index is 697. The van der Waals surface area contributed by atoms with Crippen molar-refractivity contribution in [2.75, 3.05) is 0 Å². The number of hydrogen-bond acceptors (Lipinski definition) is 1. The van der Waals surface area contributed by atoms with E-state index in [1.165, 1.54) is 67.2 Å². The Labute approximate surface area is 214 Å². The minimum absolute atomic E-state index is 0.488. The van der Waals surface area contributed by atoms with Crippen LogP contribution in [0.15, 0.2) is 53.5 Å². The molecule has 0 heterocycles. The van der Waals surface area contributed by atoms with E-state index in [-0.39, 0.29) is 0 Å². The van der Waals surface area contributed by atoms with Crippen LogP contribution < -0.4 is 0 Å². The van der Waals surface area contributed by atoms with Gasteiger partial charge in [0.1, 0.15) is 7.28 Å². The van der Waals surface area contributed by atoms with E-state index >= 15 is 0 Å². The van der Waals surface area contributed by atoms with Crippen molar-refractivity contribution in [2.24, 2.45) is 0 Å². The van der Waals surface area contributed by atoms with Crippen molar-refractivity contribution >= 4 is 19.9 Å². The maximum Gasteiger partial charge on any atom is 0.128 e. The van der Waals surface area contributed by atoms with Gasteiger partial charge < -0.3 is 0 Å². The van der Waals surface area contributed by atoms with Gasteiger partial charge in [-0.05, 0) is 54.8 Å². The smallest absolute Gasteiger partial charge is 0.128 e. The summed E-state index contributed by atoms with van der Waals surface area (Å²) >= 11 is 4.76. The van der Waals surface area contributed by atoms with Crippen LogP contribution in [0.3, 0.4) is 0 Å². The zero-order valence-electron chi connectivity index (χ0n) is 22.9. The summed E-state index contributed by atoms with van der Waals surface area (Å²) < 4.78 is 0. The summed E-state index contributed by atoms with van der Waals surface area (Å²) in [6.45, 7) is 19.3. The lowest BCUT2D eigenvalue weighted by Gasteiger charge is -2.24. The first-order valence-electron chi connectivity index (χ1n) is 13.7. The Hall–Kier alpha value is -1.15. The van der Waals surface area contributed by atoms with Gasteiger partial charge in [0.25, 0.3) is 0 Å². The second-order valence-electron chi connectivity index (χ2n) is 8.85. The van der Waals surface area contributed by atoms with Crippen LogP contribution in [0.2, 0.25) is 5.82 Å². The highest BCUT2D eigenvalue weighted by Gasteiger charge is 2.20. The van der Waals surface area contributed by atoms with Crippen molar-refractivity contribution in [1.29, 1.82) is 0 Å².